The topological polar surface area (TPSA) is 75.8 Å². The van der Waals surface area contributed by atoms with Crippen LogP contribution in [0.5, 0.6) is 0 Å². The number of H-pyrrole nitrogens is 1. The first-order chi connectivity index (χ1) is 9.54. The molecule has 1 heterocycles. The minimum absolute atomic E-state index is 0.114. The van der Waals surface area contributed by atoms with Gasteiger partial charge in [-0.2, -0.15) is 0 Å². The molecule has 3 rings (SSSR count). The molecule has 4 N–H and O–H groups in total. The van der Waals surface area contributed by atoms with Crippen molar-refractivity contribution in [2.75, 3.05) is 11.1 Å². The third kappa shape index (κ3) is 2.03. The van der Waals surface area contributed by atoms with E-state index in [2.05, 4.69) is 10.3 Å². The lowest BCUT2D eigenvalue weighted by Gasteiger charge is -2.08. The van der Waals surface area contributed by atoms with E-state index in [9.17, 15) is 4.79 Å². The van der Waals surface area contributed by atoms with Crippen LogP contribution in [0.25, 0.3) is 11.0 Å². The molecule has 20 heavy (non-hydrogen) atoms. The molecule has 0 aliphatic heterocycles. The Morgan fingerprint density at radius 1 is 1.15 bits per heavy atom. The monoisotopic (exact) mass is 268 g/mol. The SMILES string of the molecule is Cc1ccc(Nc2ccc3c(c2)[nH]c(=O)n3C)cc1N. The van der Waals surface area contributed by atoms with E-state index in [0.717, 1.165) is 33.7 Å². The van der Waals surface area contributed by atoms with E-state index in [1.54, 1.807) is 11.6 Å². The molecular weight excluding hydrogens is 252 g/mol. The molecule has 0 unspecified atom stereocenters. The molecule has 3 aromatic rings. The molecule has 5 heteroatoms. The quantitative estimate of drug-likeness (QED) is 0.625. The Balaban J connectivity index is 1.98. The maximum absolute atomic E-state index is 11.6. The summed E-state index contributed by atoms with van der Waals surface area (Å²) in [4.78, 5) is 14.4. The molecule has 1 aromatic heterocycles. The number of imidazole rings is 1. The Morgan fingerprint density at radius 2 is 1.85 bits per heavy atom. The molecule has 0 fully saturated rings. The highest BCUT2D eigenvalue weighted by Crippen LogP contribution is 2.23. The van der Waals surface area contributed by atoms with Crippen molar-refractivity contribution in [2.45, 2.75) is 6.92 Å². The fraction of sp³-hybridized carbons (Fsp3) is 0.133. The minimum Gasteiger partial charge on any atom is -0.398 e. The number of aromatic amines is 1. The second-order valence-electron chi connectivity index (χ2n) is 4.92. The smallest absolute Gasteiger partial charge is 0.326 e. The van der Waals surface area contributed by atoms with Crippen molar-refractivity contribution in [1.29, 1.82) is 0 Å². The highest BCUT2D eigenvalue weighted by atomic mass is 16.1. The number of hydrogen-bond donors (Lipinski definition) is 3. The fourth-order valence-corrected chi connectivity index (χ4v) is 2.20. The largest absolute Gasteiger partial charge is 0.398 e. The summed E-state index contributed by atoms with van der Waals surface area (Å²) < 4.78 is 1.59. The predicted molar refractivity (Wildman–Crippen MR) is 82.4 cm³/mol. The van der Waals surface area contributed by atoms with Crippen LogP contribution in [0.4, 0.5) is 17.1 Å². The molecule has 0 aliphatic rings. The van der Waals surface area contributed by atoms with Crippen molar-refractivity contribution >= 4 is 28.1 Å². The molecule has 0 atom stereocenters. The Kier molecular flexibility index (Phi) is 2.75. The fourth-order valence-electron chi connectivity index (χ4n) is 2.20. The predicted octanol–water partition coefficient (Wildman–Crippen LogP) is 2.50. The summed E-state index contributed by atoms with van der Waals surface area (Å²) in [6, 6.07) is 11.6. The van der Waals surface area contributed by atoms with Crippen molar-refractivity contribution in [3.8, 4) is 0 Å². The first kappa shape index (κ1) is 12.3. The number of aryl methyl sites for hydroxylation is 2. The summed E-state index contributed by atoms with van der Waals surface area (Å²) in [5, 5.41) is 3.28. The zero-order valence-corrected chi connectivity index (χ0v) is 11.4. The number of fused-ring (bicyclic) bond motifs is 1. The van der Waals surface area contributed by atoms with E-state index < -0.39 is 0 Å². The van der Waals surface area contributed by atoms with Gasteiger partial charge in [0.15, 0.2) is 0 Å². The highest BCUT2D eigenvalue weighted by molar-refractivity contribution is 5.81. The summed E-state index contributed by atoms with van der Waals surface area (Å²) in [7, 11) is 1.74. The lowest BCUT2D eigenvalue weighted by atomic mass is 10.2. The number of aromatic nitrogens is 2. The van der Waals surface area contributed by atoms with E-state index in [0.29, 0.717) is 0 Å². The molecule has 0 aliphatic carbocycles. The maximum Gasteiger partial charge on any atom is 0.326 e. The summed E-state index contributed by atoms with van der Waals surface area (Å²) in [5.41, 5.74) is 11.1. The van der Waals surface area contributed by atoms with Crippen LogP contribution in [-0.2, 0) is 7.05 Å². The number of rotatable bonds is 2. The molecule has 0 amide bonds. The summed E-state index contributed by atoms with van der Waals surface area (Å²) in [6.45, 7) is 1.97. The van der Waals surface area contributed by atoms with Gasteiger partial charge < -0.3 is 16.0 Å². The molecule has 102 valence electrons. The van der Waals surface area contributed by atoms with Crippen molar-refractivity contribution in [3.63, 3.8) is 0 Å². The van der Waals surface area contributed by atoms with Crippen LogP contribution in [0.3, 0.4) is 0 Å². The van der Waals surface area contributed by atoms with Gasteiger partial charge in [-0.05, 0) is 42.8 Å². The van der Waals surface area contributed by atoms with Gasteiger partial charge in [0, 0.05) is 24.1 Å². The van der Waals surface area contributed by atoms with Gasteiger partial charge >= 0.3 is 5.69 Å². The number of benzene rings is 2. The Bertz CT molecular complexity index is 845. The lowest BCUT2D eigenvalue weighted by Crippen LogP contribution is -2.11. The van der Waals surface area contributed by atoms with Crippen LogP contribution in [0.15, 0.2) is 41.2 Å². The van der Waals surface area contributed by atoms with Crippen molar-refractivity contribution in [2.24, 2.45) is 7.05 Å². The highest BCUT2D eigenvalue weighted by Gasteiger charge is 2.04. The van der Waals surface area contributed by atoms with Gasteiger partial charge in [0.2, 0.25) is 0 Å². The number of hydrogen-bond acceptors (Lipinski definition) is 3. The Hall–Kier alpha value is -2.69. The lowest BCUT2D eigenvalue weighted by molar-refractivity contribution is 0.891. The normalized spacial score (nSPS) is 10.9. The number of nitrogens with zero attached hydrogens (tertiary/aromatic N) is 1. The van der Waals surface area contributed by atoms with E-state index >= 15 is 0 Å². The number of anilines is 3. The van der Waals surface area contributed by atoms with Gasteiger partial charge in [-0.25, -0.2) is 4.79 Å². The van der Waals surface area contributed by atoms with Gasteiger partial charge in [0.1, 0.15) is 0 Å². The molecular formula is C15H16N4O. The third-order valence-electron chi connectivity index (χ3n) is 3.47. The zero-order valence-electron chi connectivity index (χ0n) is 11.4. The average molecular weight is 268 g/mol. The van der Waals surface area contributed by atoms with Crippen LogP contribution < -0.4 is 16.7 Å². The first-order valence-electron chi connectivity index (χ1n) is 6.36. The van der Waals surface area contributed by atoms with Gasteiger partial charge in [-0.15, -0.1) is 0 Å². The second-order valence-corrected chi connectivity index (χ2v) is 4.92. The number of nitrogens with one attached hydrogen (secondary N) is 2. The van der Waals surface area contributed by atoms with Crippen LogP contribution in [-0.4, -0.2) is 9.55 Å². The van der Waals surface area contributed by atoms with Crippen molar-refractivity contribution in [3.05, 3.63) is 52.4 Å². The van der Waals surface area contributed by atoms with Crippen molar-refractivity contribution < 1.29 is 0 Å². The molecule has 0 saturated carbocycles. The maximum atomic E-state index is 11.6. The average Bonchev–Trinajstić information content (AvgIpc) is 2.69. The first-order valence-corrected chi connectivity index (χ1v) is 6.36. The molecule has 0 bridgehead atoms. The summed E-state index contributed by atoms with van der Waals surface area (Å²) >= 11 is 0. The van der Waals surface area contributed by atoms with Gasteiger partial charge in [-0.3, -0.25) is 4.57 Å². The third-order valence-corrected chi connectivity index (χ3v) is 3.47. The van der Waals surface area contributed by atoms with Crippen molar-refractivity contribution in [1.82, 2.24) is 9.55 Å². The van der Waals surface area contributed by atoms with Gasteiger partial charge in [-0.1, -0.05) is 6.07 Å². The number of nitrogens with two attached hydrogens (primary N) is 1. The Labute approximate surface area is 116 Å². The standard InChI is InChI=1S/C15H16N4O/c1-9-3-4-10(7-12(9)16)17-11-5-6-14-13(8-11)18-15(20)19(14)2/h3-8,17H,16H2,1-2H3,(H,18,20). The molecule has 0 spiro atoms. The van der Waals surface area contributed by atoms with Crippen LogP contribution in [0.2, 0.25) is 0 Å². The van der Waals surface area contributed by atoms with Crippen LogP contribution >= 0.6 is 0 Å². The van der Waals surface area contributed by atoms with E-state index in [-0.39, 0.29) is 5.69 Å². The van der Waals surface area contributed by atoms with E-state index in [1.807, 2.05) is 43.3 Å². The van der Waals surface area contributed by atoms with Gasteiger partial charge in [0.25, 0.3) is 0 Å². The van der Waals surface area contributed by atoms with E-state index in [4.69, 9.17) is 5.73 Å². The molecule has 0 radical (unpaired) electrons. The van der Waals surface area contributed by atoms with Gasteiger partial charge in [0.05, 0.1) is 11.0 Å². The molecule has 5 nitrogen and oxygen atoms in total. The zero-order chi connectivity index (χ0) is 14.3. The van der Waals surface area contributed by atoms with Crippen LogP contribution in [0, 0.1) is 6.92 Å². The summed E-state index contributed by atoms with van der Waals surface area (Å²) in [5.74, 6) is 0. The molecule has 2 aromatic carbocycles. The number of nitrogen functional groups attached to an aromatic ring is 1. The van der Waals surface area contributed by atoms with E-state index in [1.165, 1.54) is 0 Å². The Morgan fingerprint density at radius 3 is 2.60 bits per heavy atom. The molecule has 0 saturated heterocycles. The summed E-state index contributed by atoms with van der Waals surface area (Å²) in [6.07, 6.45) is 0. The second kappa shape index (κ2) is 4.45. The van der Waals surface area contributed by atoms with Crippen LogP contribution in [0.1, 0.15) is 5.56 Å². The minimum atomic E-state index is -0.114.